The highest BCUT2D eigenvalue weighted by Crippen LogP contribution is 2.15. The minimum atomic E-state index is -0.434. The molecule has 120 valence electrons. The fourth-order valence-corrected chi connectivity index (χ4v) is 2.81. The van der Waals surface area contributed by atoms with Crippen molar-refractivity contribution in [1.82, 2.24) is 14.7 Å². The van der Waals surface area contributed by atoms with Crippen LogP contribution < -0.4 is 16.9 Å². The van der Waals surface area contributed by atoms with Gasteiger partial charge >= 0.3 is 0 Å². The third-order valence-corrected chi connectivity index (χ3v) is 4.12. The number of carbonyl (C=O) groups is 2. The number of carbonyl (C=O) groups excluding carboxylic acids is 2. The molecule has 1 aliphatic rings. The van der Waals surface area contributed by atoms with Crippen molar-refractivity contribution in [3.63, 3.8) is 0 Å². The van der Waals surface area contributed by atoms with Gasteiger partial charge in [0.25, 0.3) is 11.1 Å². The Bertz CT molecular complexity index is 898. The molecule has 0 radical (unpaired) electrons. The molecular formula is C15H16N4O4. The molecule has 23 heavy (non-hydrogen) atoms. The Balaban J connectivity index is 1.86. The van der Waals surface area contributed by atoms with Crippen molar-refractivity contribution in [2.24, 2.45) is 11.7 Å². The molecule has 3 N–H and O–H groups in total. The van der Waals surface area contributed by atoms with E-state index in [-0.39, 0.29) is 35.7 Å². The Hall–Kier alpha value is -2.90. The topological polar surface area (TPSA) is 118 Å². The van der Waals surface area contributed by atoms with E-state index in [1.807, 2.05) is 0 Å². The first-order valence-electron chi connectivity index (χ1n) is 7.26. The Kier molecular flexibility index (Phi) is 3.73. The van der Waals surface area contributed by atoms with E-state index < -0.39 is 17.0 Å². The highest BCUT2D eigenvalue weighted by atomic mass is 16.2. The molecule has 0 spiro atoms. The molecule has 2 heterocycles. The van der Waals surface area contributed by atoms with E-state index in [1.165, 1.54) is 4.90 Å². The van der Waals surface area contributed by atoms with Crippen LogP contribution in [0.3, 0.4) is 0 Å². The molecule has 0 unspecified atom stereocenters. The minimum absolute atomic E-state index is 0.251. The van der Waals surface area contributed by atoms with Gasteiger partial charge in [0, 0.05) is 13.1 Å². The van der Waals surface area contributed by atoms with Crippen LogP contribution in [0.4, 0.5) is 0 Å². The maximum absolute atomic E-state index is 12.4. The van der Waals surface area contributed by atoms with Crippen LogP contribution in [0.2, 0.25) is 0 Å². The number of rotatable bonds is 3. The van der Waals surface area contributed by atoms with Crippen molar-refractivity contribution in [1.29, 1.82) is 0 Å². The van der Waals surface area contributed by atoms with Crippen LogP contribution in [0.25, 0.3) is 10.8 Å². The number of likely N-dealkylation sites (tertiary alicyclic amines) is 1. The second kappa shape index (κ2) is 5.71. The van der Waals surface area contributed by atoms with E-state index >= 15 is 0 Å². The molecule has 2 aromatic rings. The molecule has 8 heteroatoms. The number of H-pyrrole nitrogens is 1. The molecule has 0 aliphatic carbocycles. The lowest BCUT2D eigenvalue weighted by Crippen LogP contribution is -2.39. The van der Waals surface area contributed by atoms with Crippen LogP contribution in [0.5, 0.6) is 0 Å². The van der Waals surface area contributed by atoms with Gasteiger partial charge in [0.2, 0.25) is 11.8 Å². The quantitative estimate of drug-likeness (QED) is 0.757. The smallest absolute Gasteiger partial charge is 0.273 e. The van der Waals surface area contributed by atoms with Crippen molar-refractivity contribution in [2.75, 3.05) is 13.1 Å². The third kappa shape index (κ3) is 2.75. The standard InChI is InChI=1S/C15H16N4O4/c16-13(21)9-5-6-18(7-9)12(20)8-19-15(23)11-4-2-1-3-10(11)14(22)17-19/h1-4,9H,5-8H2,(H2,16,21)(H,17,22)/t9-/m0/s1. The van der Waals surface area contributed by atoms with Crippen molar-refractivity contribution >= 4 is 22.6 Å². The third-order valence-electron chi connectivity index (χ3n) is 4.12. The van der Waals surface area contributed by atoms with Crippen LogP contribution in [0.15, 0.2) is 33.9 Å². The van der Waals surface area contributed by atoms with Gasteiger partial charge in [-0.2, -0.15) is 0 Å². The molecule has 8 nitrogen and oxygen atoms in total. The van der Waals surface area contributed by atoms with Gasteiger partial charge < -0.3 is 10.6 Å². The lowest BCUT2D eigenvalue weighted by Gasteiger charge is -2.16. The first kappa shape index (κ1) is 15.0. The van der Waals surface area contributed by atoms with Crippen molar-refractivity contribution in [3.05, 3.63) is 45.0 Å². The molecule has 0 bridgehead atoms. The van der Waals surface area contributed by atoms with Gasteiger partial charge in [0.15, 0.2) is 0 Å². The fourth-order valence-electron chi connectivity index (χ4n) is 2.81. The summed E-state index contributed by atoms with van der Waals surface area (Å²) in [5, 5.41) is 2.97. The van der Waals surface area contributed by atoms with Crippen molar-refractivity contribution < 1.29 is 9.59 Å². The number of aromatic amines is 1. The maximum Gasteiger partial charge on any atom is 0.273 e. The average Bonchev–Trinajstić information content (AvgIpc) is 3.03. The Morgan fingerprint density at radius 1 is 1.22 bits per heavy atom. The summed E-state index contributed by atoms with van der Waals surface area (Å²) in [6, 6.07) is 6.43. The lowest BCUT2D eigenvalue weighted by molar-refractivity contribution is -0.131. The molecule has 1 fully saturated rings. The molecule has 1 aromatic heterocycles. The van der Waals surface area contributed by atoms with E-state index in [0.717, 1.165) is 4.68 Å². The summed E-state index contributed by atoms with van der Waals surface area (Å²) >= 11 is 0. The zero-order valence-electron chi connectivity index (χ0n) is 12.3. The second-order valence-electron chi connectivity index (χ2n) is 5.61. The molecule has 3 rings (SSSR count). The van der Waals surface area contributed by atoms with Crippen LogP contribution in [-0.4, -0.2) is 39.6 Å². The zero-order chi connectivity index (χ0) is 16.6. The van der Waals surface area contributed by atoms with Gasteiger partial charge in [-0.15, -0.1) is 0 Å². The highest BCUT2D eigenvalue weighted by molar-refractivity contribution is 5.82. The molecule has 2 amide bonds. The van der Waals surface area contributed by atoms with E-state index in [1.54, 1.807) is 24.3 Å². The second-order valence-corrected chi connectivity index (χ2v) is 5.61. The summed E-state index contributed by atoms with van der Waals surface area (Å²) in [6.45, 7) is 0.393. The van der Waals surface area contributed by atoms with Gasteiger partial charge in [-0.3, -0.25) is 24.3 Å². The summed E-state index contributed by atoms with van der Waals surface area (Å²) in [5.74, 6) is -1.12. The zero-order valence-corrected chi connectivity index (χ0v) is 12.3. The minimum Gasteiger partial charge on any atom is -0.369 e. The number of fused-ring (bicyclic) bond motifs is 1. The number of primary amides is 1. The fraction of sp³-hybridized carbons (Fsp3) is 0.333. The number of nitrogens with two attached hydrogens (primary N) is 1. The van der Waals surface area contributed by atoms with Gasteiger partial charge in [0.1, 0.15) is 6.54 Å². The first-order chi connectivity index (χ1) is 11.0. The number of aromatic nitrogens is 2. The predicted molar refractivity (Wildman–Crippen MR) is 82.7 cm³/mol. The van der Waals surface area contributed by atoms with Gasteiger partial charge in [-0.25, -0.2) is 4.68 Å². The SMILES string of the molecule is NC(=O)[C@H]1CCN(C(=O)Cn2[nH]c(=O)c3ccccc3c2=O)C1. The molecule has 1 atom stereocenters. The van der Waals surface area contributed by atoms with Gasteiger partial charge in [-0.05, 0) is 18.6 Å². The number of nitrogens with zero attached hydrogens (tertiary/aromatic N) is 2. The van der Waals surface area contributed by atoms with E-state index in [9.17, 15) is 19.2 Å². The summed E-state index contributed by atoms with van der Waals surface area (Å²) < 4.78 is 1.00. The molecular weight excluding hydrogens is 300 g/mol. The number of nitrogens with one attached hydrogen (secondary N) is 1. The number of benzene rings is 1. The Morgan fingerprint density at radius 3 is 2.57 bits per heavy atom. The molecule has 1 aliphatic heterocycles. The normalized spacial score (nSPS) is 17.6. The summed E-state index contributed by atoms with van der Waals surface area (Å²) in [4.78, 5) is 49.3. The largest absolute Gasteiger partial charge is 0.369 e. The maximum atomic E-state index is 12.4. The lowest BCUT2D eigenvalue weighted by atomic mass is 10.1. The molecule has 0 saturated carbocycles. The van der Waals surface area contributed by atoms with Crippen LogP contribution in [-0.2, 0) is 16.1 Å². The average molecular weight is 316 g/mol. The monoisotopic (exact) mass is 316 g/mol. The summed E-state index contributed by atoms with van der Waals surface area (Å²) in [6.07, 6.45) is 0.518. The number of amides is 2. The van der Waals surface area contributed by atoms with Crippen LogP contribution in [0.1, 0.15) is 6.42 Å². The van der Waals surface area contributed by atoms with Crippen molar-refractivity contribution in [2.45, 2.75) is 13.0 Å². The van der Waals surface area contributed by atoms with E-state index in [4.69, 9.17) is 5.73 Å². The van der Waals surface area contributed by atoms with Crippen molar-refractivity contribution in [3.8, 4) is 0 Å². The highest BCUT2D eigenvalue weighted by Gasteiger charge is 2.29. The Labute approximate surface area is 130 Å². The predicted octanol–water partition coefficient (Wildman–Crippen LogP) is -0.976. The molecule has 1 aromatic carbocycles. The van der Waals surface area contributed by atoms with Gasteiger partial charge in [0.05, 0.1) is 16.7 Å². The number of hydrogen-bond acceptors (Lipinski definition) is 4. The summed E-state index contributed by atoms with van der Waals surface area (Å²) in [7, 11) is 0. The van der Waals surface area contributed by atoms with Crippen LogP contribution in [0, 0.1) is 5.92 Å². The Morgan fingerprint density at radius 2 is 1.91 bits per heavy atom. The molecule has 1 saturated heterocycles. The summed E-state index contributed by atoms with van der Waals surface area (Å²) in [5.41, 5.74) is 4.38. The number of hydrogen-bond donors (Lipinski definition) is 2. The van der Waals surface area contributed by atoms with Crippen LogP contribution >= 0.6 is 0 Å². The van der Waals surface area contributed by atoms with E-state index in [2.05, 4.69) is 5.10 Å². The van der Waals surface area contributed by atoms with Gasteiger partial charge in [-0.1, -0.05) is 12.1 Å². The first-order valence-corrected chi connectivity index (χ1v) is 7.26. The van der Waals surface area contributed by atoms with E-state index in [0.29, 0.717) is 13.0 Å².